The molecule has 1 saturated carbocycles. The summed E-state index contributed by atoms with van der Waals surface area (Å²) in [5, 5.41) is 21.4. The van der Waals surface area contributed by atoms with E-state index in [4.69, 9.17) is 0 Å². The molecule has 26 heavy (non-hydrogen) atoms. The Hall–Kier alpha value is -2.59. The summed E-state index contributed by atoms with van der Waals surface area (Å²) < 4.78 is 1.94. The summed E-state index contributed by atoms with van der Waals surface area (Å²) in [7, 11) is 0. The van der Waals surface area contributed by atoms with E-state index in [0.29, 0.717) is 11.7 Å². The highest BCUT2D eigenvalue weighted by molar-refractivity contribution is 7.99. The third-order valence-electron chi connectivity index (χ3n) is 4.42. The van der Waals surface area contributed by atoms with Crippen molar-refractivity contribution < 1.29 is 4.79 Å². The molecule has 1 heterocycles. The van der Waals surface area contributed by atoms with E-state index in [1.807, 2.05) is 34.9 Å². The summed E-state index contributed by atoms with van der Waals surface area (Å²) in [6.45, 7) is 6.14. The summed E-state index contributed by atoms with van der Waals surface area (Å²) in [5.41, 5.74) is 0.186. The zero-order chi connectivity index (χ0) is 18.6. The Morgan fingerprint density at radius 3 is 2.81 bits per heavy atom. The molecule has 6 nitrogen and oxygen atoms in total. The maximum Gasteiger partial charge on any atom is 0.231 e. The van der Waals surface area contributed by atoms with E-state index < -0.39 is 5.54 Å². The van der Waals surface area contributed by atoms with Crippen LogP contribution in [0.4, 0.5) is 0 Å². The van der Waals surface area contributed by atoms with Crippen molar-refractivity contribution in [1.82, 2.24) is 20.1 Å². The van der Waals surface area contributed by atoms with Gasteiger partial charge < -0.3 is 5.32 Å². The Kier molecular flexibility index (Phi) is 5.43. The predicted molar refractivity (Wildman–Crippen MR) is 101 cm³/mol. The first kappa shape index (κ1) is 18.2. The molecule has 0 radical (unpaired) electrons. The molecule has 1 aromatic heterocycles. The number of carbonyl (C=O) groups excluding carboxylic acids is 1. The Labute approximate surface area is 157 Å². The number of aromatic nitrogens is 3. The second-order valence-electron chi connectivity index (χ2n) is 6.50. The summed E-state index contributed by atoms with van der Waals surface area (Å²) in [6, 6.07) is 12.0. The number of nitriles is 1. The number of amides is 1. The van der Waals surface area contributed by atoms with Crippen molar-refractivity contribution in [3.8, 4) is 17.5 Å². The third-order valence-corrected chi connectivity index (χ3v) is 5.38. The molecule has 7 heteroatoms. The molecule has 1 amide bonds. The van der Waals surface area contributed by atoms with Crippen LogP contribution in [0.1, 0.15) is 19.8 Å². The van der Waals surface area contributed by atoms with Gasteiger partial charge in [-0.2, -0.15) is 5.26 Å². The van der Waals surface area contributed by atoms with Gasteiger partial charge in [-0.05, 0) is 25.7 Å². The number of benzene rings is 1. The first-order valence-electron chi connectivity index (χ1n) is 8.52. The number of thioether (sulfide) groups is 1. The van der Waals surface area contributed by atoms with E-state index in [-0.39, 0.29) is 17.6 Å². The summed E-state index contributed by atoms with van der Waals surface area (Å²) in [6.07, 6.45) is 3.76. The van der Waals surface area contributed by atoms with Crippen LogP contribution in [0.3, 0.4) is 0 Å². The first-order chi connectivity index (χ1) is 12.6. The topological polar surface area (TPSA) is 83.6 Å². The average Bonchev–Trinajstić information content (AvgIpc) is 3.44. The second-order valence-corrected chi connectivity index (χ2v) is 7.44. The maximum atomic E-state index is 12.3. The number of hydrogen-bond donors (Lipinski definition) is 1. The standard InChI is InChI=1S/C19H21N5OS/c1-3-11-24-17(14-7-5-4-6-8-14)22-23-18(24)26-12-16(25)21-19(2,13-20)15-9-10-15/h3-8,15H,1,9-12H2,2H3,(H,21,25)/t19-/m1/s1. The van der Waals surface area contributed by atoms with E-state index in [9.17, 15) is 10.1 Å². The molecule has 1 aliphatic carbocycles. The molecular weight excluding hydrogens is 346 g/mol. The molecule has 134 valence electrons. The van der Waals surface area contributed by atoms with Crippen LogP contribution < -0.4 is 5.32 Å². The van der Waals surface area contributed by atoms with Gasteiger partial charge in [0, 0.05) is 12.1 Å². The lowest BCUT2D eigenvalue weighted by molar-refractivity contribution is -0.119. The Morgan fingerprint density at radius 2 is 2.19 bits per heavy atom. The quantitative estimate of drug-likeness (QED) is 0.573. The zero-order valence-corrected chi connectivity index (χ0v) is 15.5. The number of carbonyl (C=O) groups is 1. The molecule has 0 aliphatic heterocycles. The predicted octanol–water partition coefficient (Wildman–Crippen LogP) is 3.03. The van der Waals surface area contributed by atoms with Gasteiger partial charge >= 0.3 is 0 Å². The van der Waals surface area contributed by atoms with E-state index in [2.05, 4.69) is 28.2 Å². The van der Waals surface area contributed by atoms with Gasteiger partial charge in [-0.1, -0.05) is 48.2 Å². The van der Waals surface area contributed by atoms with Crippen molar-refractivity contribution in [2.75, 3.05) is 5.75 Å². The SMILES string of the molecule is C=CCn1c(SCC(=O)N[C@](C)(C#N)C2CC2)nnc1-c1ccccc1. The Bertz CT molecular complexity index is 837. The Balaban J connectivity index is 1.70. The lowest BCUT2D eigenvalue weighted by Crippen LogP contribution is -2.47. The summed E-state index contributed by atoms with van der Waals surface area (Å²) >= 11 is 1.31. The minimum atomic E-state index is -0.776. The molecule has 1 aromatic carbocycles. The third kappa shape index (κ3) is 3.97. The van der Waals surface area contributed by atoms with Crippen LogP contribution in [0.15, 0.2) is 48.1 Å². The number of nitrogens with zero attached hydrogens (tertiary/aromatic N) is 4. The summed E-state index contributed by atoms with van der Waals surface area (Å²) in [5.74, 6) is 1.03. The van der Waals surface area contributed by atoms with Crippen LogP contribution >= 0.6 is 11.8 Å². The lowest BCUT2D eigenvalue weighted by Gasteiger charge is -2.22. The van der Waals surface area contributed by atoms with Gasteiger partial charge in [0.2, 0.25) is 5.91 Å². The van der Waals surface area contributed by atoms with Crippen molar-refractivity contribution in [3.63, 3.8) is 0 Å². The van der Waals surface area contributed by atoms with Gasteiger partial charge in [-0.3, -0.25) is 9.36 Å². The van der Waals surface area contributed by atoms with Gasteiger partial charge in [0.25, 0.3) is 0 Å². The monoisotopic (exact) mass is 367 g/mol. The van der Waals surface area contributed by atoms with Crippen LogP contribution in [0.2, 0.25) is 0 Å². The van der Waals surface area contributed by atoms with E-state index in [1.165, 1.54) is 11.8 Å². The van der Waals surface area contributed by atoms with Gasteiger partial charge in [-0.15, -0.1) is 16.8 Å². The number of rotatable bonds is 8. The maximum absolute atomic E-state index is 12.3. The van der Waals surface area contributed by atoms with Crippen LogP contribution in [-0.4, -0.2) is 32.0 Å². The Morgan fingerprint density at radius 1 is 1.46 bits per heavy atom. The van der Waals surface area contributed by atoms with E-state index in [0.717, 1.165) is 24.2 Å². The van der Waals surface area contributed by atoms with Crippen molar-refractivity contribution in [2.45, 2.75) is 37.0 Å². The van der Waals surface area contributed by atoms with Gasteiger partial charge in [-0.25, -0.2) is 0 Å². The highest BCUT2D eigenvalue weighted by Gasteiger charge is 2.42. The molecule has 1 aliphatic rings. The molecule has 0 saturated heterocycles. The zero-order valence-electron chi connectivity index (χ0n) is 14.7. The molecule has 0 unspecified atom stereocenters. The van der Waals surface area contributed by atoms with Crippen LogP contribution in [-0.2, 0) is 11.3 Å². The lowest BCUT2D eigenvalue weighted by atomic mass is 9.98. The van der Waals surface area contributed by atoms with Crippen LogP contribution in [0, 0.1) is 17.2 Å². The van der Waals surface area contributed by atoms with Crippen molar-refractivity contribution >= 4 is 17.7 Å². The summed E-state index contributed by atoms with van der Waals surface area (Å²) in [4.78, 5) is 12.3. The molecule has 2 aromatic rings. The van der Waals surface area contributed by atoms with Gasteiger partial charge in [0.1, 0.15) is 5.54 Å². The molecule has 0 spiro atoms. The number of allylic oxidation sites excluding steroid dienone is 1. The van der Waals surface area contributed by atoms with E-state index >= 15 is 0 Å². The fourth-order valence-corrected chi connectivity index (χ4v) is 3.58. The minimum absolute atomic E-state index is 0.166. The number of hydrogen-bond acceptors (Lipinski definition) is 5. The molecule has 1 N–H and O–H groups in total. The highest BCUT2D eigenvalue weighted by atomic mass is 32.2. The normalized spacial score (nSPS) is 15.7. The molecule has 0 bridgehead atoms. The van der Waals surface area contributed by atoms with Crippen molar-refractivity contribution in [3.05, 3.63) is 43.0 Å². The molecule has 1 fully saturated rings. The largest absolute Gasteiger partial charge is 0.337 e. The van der Waals surface area contributed by atoms with Gasteiger partial charge in [0.05, 0.1) is 11.8 Å². The second kappa shape index (κ2) is 7.75. The fourth-order valence-electron chi connectivity index (χ4n) is 2.83. The fraction of sp³-hybridized carbons (Fsp3) is 0.368. The van der Waals surface area contributed by atoms with Crippen LogP contribution in [0.25, 0.3) is 11.4 Å². The van der Waals surface area contributed by atoms with E-state index in [1.54, 1.807) is 13.0 Å². The first-order valence-corrected chi connectivity index (χ1v) is 9.50. The van der Waals surface area contributed by atoms with Crippen molar-refractivity contribution in [2.24, 2.45) is 5.92 Å². The number of nitrogens with one attached hydrogen (secondary N) is 1. The highest BCUT2D eigenvalue weighted by Crippen LogP contribution is 2.39. The molecule has 1 atom stereocenters. The smallest absolute Gasteiger partial charge is 0.231 e. The molecule has 3 rings (SSSR count). The van der Waals surface area contributed by atoms with Crippen molar-refractivity contribution in [1.29, 1.82) is 5.26 Å². The molecular formula is C19H21N5OS. The average molecular weight is 367 g/mol. The minimum Gasteiger partial charge on any atom is -0.337 e. The van der Waals surface area contributed by atoms with Crippen LogP contribution in [0.5, 0.6) is 0 Å². The van der Waals surface area contributed by atoms with Gasteiger partial charge in [0.15, 0.2) is 11.0 Å².